The number of alkyl halides is 3. The van der Waals surface area contributed by atoms with Crippen LogP contribution >= 0.6 is 0 Å². The Morgan fingerprint density at radius 1 is 1.36 bits per heavy atom. The van der Waals surface area contributed by atoms with Crippen LogP contribution in [0.1, 0.15) is 22.8 Å². The number of hydrogen-bond acceptors (Lipinski definition) is 4. The topological polar surface area (TPSA) is 71.2 Å². The molecule has 0 aliphatic carbocycles. The van der Waals surface area contributed by atoms with E-state index in [1.165, 1.54) is 11.0 Å². The van der Waals surface area contributed by atoms with Crippen LogP contribution in [0.15, 0.2) is 18.2 Å². The first-order valence-corrected chi connectivity index (χ1v) is 7.38. The lowest BCUT2D eigenvalue weighted by molar-refractivity contribution is -0.145. The first-order chi connectivity index (χ1) is 11.7. The van der Waals surface area contributed by atoms with E-state index < -0.39 is 29.6 Å². The summed E-state index contributed by atoms with van der Waals surface area (Å²) in [5.74, 6) is -1.35. The van der Waals surface area contributed by atoms with Gasteiger partial charge < -0.3 is 9.67 Å². The molecule has 1 aromatic carbocycles. The number of halogens is 4. The maximum atomic E-state index is 13.4. The van der Waals surface area contributed by atoms with E-state index in [0.29, 0.717) is 17.7 Å². The molecule has 134 valence electrons. The molecule has 0 saturated heterocycles. The lowest BCUT2D eigenvalue weighted by Gasteiger charge is -2.33. The molecule has 0 bridgehead atoms. The van der Waals surface area contributed by atoms with E-state index in [0.717, 1.165) is 6.07 Å². The summed E-state index contributed by atoms with van der Waals surface area (Å²) in [5.41, 5.74) is -1.20. The van der Waals surface area contributed by atoms with Crippen molar-refractivity contribution in [1.29, 1.82) is 0 Å². The number of rotatable bonds is 3. The minimum absolute atomic E-state index is 0.0771. The van der Waals surface area contributed by atoms with Crippen LogP contribution in [-0.4, -0.2) is 36.8 Å². The molecule has 1 aliphatic rings. The number of fused-ring (bicyclic) bond motifs is 1. The van der Waals surface area contributed by atoms with Gasteiger partial charge in [-0.25, -0.2) is 4.39 Å². The van der Waals surface area contributed by atoms with Crippen LogP contribution in [0.4, 0.5) is 17.6 Å². The summed E-state index contributed by atoms with van der Waals surface area (Å²) >= 11 is 0. The van der Waals surface area contributed by atoms with E-state index in [9.17, 15) is 27.5 Å². The molecule has 1 aliphatic heterocycles. The predicted octanol–water partition coefficient (Wildman–Crippen LogP) is 2.21. The Kier molecular flexibility index (Phi) is 4.23. The minimum atomic E-state index is -4.81. The highest BCUT2D eigenvalue weighted by molar-refractivity contribution is 5.73. The van der Waals surface area contributed by atoms with Gasteiger partial charge in [0.2, 0.25) is 0 Å². The Bertz CT molecular complexity index is 818. The molecule has 1 atom stereocenters. The maximum absolute atomic E-state index is 13.4. The van der Waals surface area contributed by atoms with Crippen molar-refractivity contribution in [1.82, 2.24) is 19.7 Å². The van der Waals surface area contributed by atoms with Crippen molar-refractivity contribution in [3.05, 3.63) is 46.8 Å². The van der Waals surface area contributed by atoms with Crippen LogP contribution in [0, 0.1) is 12.7 Å². The molecule has 2 aromatic rings. The van der Waals surface area contributed by atoms with Gasteiger partial charge in [0.15, 0.2) is 0 Å². The van der Waals surface area contributed by atoms with Crippen LogP contribution in [0.3, 0.4) is 0 Å². The molecule has 1 N–H and O–H groups in total. The number of carboxylic acid groups (broad SMARTS) is 1. The number of hydrogen-bond donors (Lipinski definition) is 1. The lowest BCUT2D eigenvalue weighted by Crippen LogP contribution is -2.47. The molecule has 6 nitrogen and oxygen atoms in total. The monoisotopic (exact) mass is 358 g/mol. The van der Waals surface area contributed by atoms with Crippen LogP contribution in [0.5, 0.6) is 0 Å². The van der Waals surface area contributed by atoms with Gasteiger partial charge in [-0.1, -0.05) is 6.07 Å². The summed E-state index contributed by atoms with van der Waals surface area (Å²) in [4.78, 5) is 13.0. The second kappa shape index (κ2) is 6.10. The maximum Gasteiger partial charge on any atom is 0.419 e. The molecular formula is C15H14F4N4O2. The molecule has 0 amide bonds. The Morgan fingerprint density at radius 3 is 2.72 bits per heavy atom. The summed E-state index contributed by atoms with van der Waals surface area (Å²) in [5, 5.41) is 17.3. The Balaban J connectivity index is 1.90. The number of carbonyl (C=O) groups is 1. The number of aliphatic carboxylic acids is 1. The molecule has 3 rings (SSSR count). The van der Waals surface area contributed by atoms with E-state index in [2.05, 4.69) is 10.2 Å². The van der Waals surface area contributed by atoms with Crippen LogP contribution in [0.25, 0.3) is 0 Å². The average Bonchev–Trinajstić information content (AvgIpc) is 2.88. The molecule has 1 unspecified atom stereocenters. The molecule has 0 spiro atoms. The zero-order valence-electron chi connectivity index (χ0n) is 13.1. The summed E-state index contributed by atoms with van der Waals surface area (Å²) in [6.45, 7) is 1.83. The van der Waals surface area contributed by atoms with E-state index in [4.69, 9.17) is 0 Å². The molecule has 0 saturated carbocycles. The van der Waals surface area contributed by atoms with Gasteiger partial charge >= 0.3 is 12.1 Å². The number of benzene rings is 1. The molecular weight excluding hydrogens is 344 g/mol. The summed E-state index contributed by atoms with van der Waals surface area (Å²) in [7, 11) is 0. The fourth-order valence-electron chi connectivity index (χ4n) is 2.88. The van der Waals surface area contributed by atoms with Gasteiger partial charge in [-0.05, 0) is 24.6 Å². The molecule has 1 aromatic heterocycles. The van der Waals surface area contributed by atoms with Crippen molar-refractivity contribution in [2.45, 2.75) is 38.8 Å². The van der Waals surface area contributed by atoms with E-state index in [1.54, 1.807) is 11.5 Å². The van der Waals surface area contributed by atoms with Gasteiger partial charge in [0, 0.05) is 6.54 Å². The number of aryl methyl sites for hydroxylation is 1. The zero-order valence-corrected chi connectivity index (χ0v) is 13.1. The van der Waals surface area contributed by atoms with Crippen LogP contribution in [0.2, 0.25) is 0 Å². The number of aromatic nitrogens is 3. The third-order valence-electron chi connectivity index (χ3n) is 4.16. The van der Waals surface area contributed by atoms with Gasteiger partial charge in [0.25, 0.3) is 0 Å². The van der Waals surface area contributed by atoms with Crippen molar-refractivity contribution >= 4 is 5.97 Å². The largest absolute Gasteiger partial charge is 0.480 e. The van der Waals surface area contributed by atoms with Crippen molar-refractivity contribution in [3.63, 3.8) is 0 Å². The van der Waals surface area contributed by atoms with Gasteiger partial charge in [0.1, 0.15) is 23.5 Å². The smallest absolute Gasteiger partial charge is 0.419 e. The molecule has 10 heteroatoms. The fourth-order valence-corrected chi connectivity index (χ4v) is 2.88. The van der Waals surface area contributed by atoms with Crippen LogP contribution < -0.4 is 0 Å². The van der Waals surface area contributed by atoms with E-state index >= 15 is 0 Å². The lowest BCUT2D eigenvalue weighted by atomic mass is 10.1. The number of carboxylic acids is 1. The predicted molar refractivity (Wildman–Crippen MR) is 76.8 cm³/mol. The van der Waals surface area contributed by atoms with Crippen LogP contribution in [-0.2, 0) is 30.6 Å². The third kappa shape index (κ3) is 3.34. The van der Waals surface area contributed by atoms with Crippen molar-refractivity contribution in [3.8, 4) is 0 Å². The fraction of sp³-hybridized carbons (Fsp3) is 0.400. The average molecular weight is 358 g/mol. The molecule has 25 heavy (non-hydrogen) atoms. The Hall–Kier alpha value is -2.49. The number of nitrogens with zero attached hydrogens (tertiary/aromatic N) is 4. The first kappa shape index (κ1) is 17.3. The summed E-state index contributed by atoms with van der Waals surface area (Å²) in [6, 6.07) is 1.72. The van der Waals surface area contributed by atoms with Gasteiger partial charge in [-0.3, -0.25) is 9.69 Å². The zero-order chi connectivity index (χ0) is 18.4. The second-order valence-electron chi connectivity index (χ2n) is 5.85. The first-order valence-electron chi connectivity index (χ1n) is 7.38. The summed E-state index contributed by atoms with van der Waals surface area (Å²) in [6.07, 6.45) is -4.81. The van der Waals surface area contributed by atoms with Crippen molar-refractivity contribution < 1.29 is 27.5 Å². The normalized spacial score (nSPS) is 18.2. The molecule has 0 fully saturated rings. The minimum Gasteiger partial charge on any atom is -0.480 e. The van der Waals surface area contributed by atoms with Crippen molar-refractivity contribution in [2.75, 3.05) is 0 Å². The van der Waals surface area contributed by atoms with Crippen molar-refractivity contribution in [2.24, 2.45) is 0 Å². The highest BCUT2D eigenvalue weighted by Gasteiger charge is 2.36. The van der Waals surface area contributed by atoms with Gasteiger partial charge in [0.05, 0.1) is 18.7 Å². The second-order valence-corrected chi connectivity index (χ2v) is 5.85. The van der Waals surface area contributed by atoms with Gasteiger partial charge in [-0.15, -0.1) is 10.2 Å². The highest BCUT2D eigenvalue weighted by Crippen LogP contribution is 2.32. The Labute approximate surface area is 139 Å². The molecule has 0 radical (unpaired) electrons. The standard InChI is InChI=1S/C15H14F4N4O2/c1-8-20-21-13-7-22(12(14(24)25)6-23(8)13)5-9-2-3-11(16)10(4-9)15(17,18)19/h2-4,12H,5-7H2,1H3,(H,24,25). The Morgan fingerprint density at radius 2 is 2.08 bits per heavy atom. The quantitative estimate of drug-likeness (QED) is 0.852. The SMILES string of the molecule is Cc1nnc2n1CC(C(=O)O)N(Cc1ccc(F)c(C(F)(F)F)c1)C2. The van der Waals surface area contributed by atoms with Gasteiger partial charge in [-0.2, -0.15) is 13.2 Å². The highest BCUT2D eigenvalue weighted by atomic mass is 19.4. The molecule has 2 heterocycles. The third-order valence-corrected chi connectivity index (χ3v) is 4.16. The van der Waals surface area contributed by atoms with E-state index in [-0.39, 0.29) is 25.2 Å². The van der Waals surface area contributed by atoms with E-state index in [1.807, 2.05) is 0 Å². The summed E-state index contributed by atoms with van der Waals surface area (Å²) < 4.78 is 53.6.